The van der Waals surface area contributed by atoms with Crippen LogP contribution in [0, 0.1) is 46.3 Å². The molecule has 0 heterocycles. The minimum Gasteiger partial charge on any atom is -0.462 e. The Kier molecular flexibility index (Phi) is 7.27. The van der Waals surface area contributed by atoms with E-state index in [4.69, 9.17) is 4.74 Å². The molecule has 0 aromatic rings. The van der Waals surface area contributed by atoms with E-state index < -0.39 is 40.7 Å². The minimum absolute atomic E-state index is 0.000871. The van der Waals surface area contributed by atoms with E-state index in [-0.39, 0.29) is 30.0 Å². The van der Waals surface area contributed by atoms with Crippen molar-refractivity contribution in [2.75, 3.05) is 0 Å². The molecule has 4 aliphatic carbocycles. The number of ketones is 1. The highest BCUT2D eigenvalue weighted by molar-refractivity contribution is 5.86. The average Bonchev–Trinajstić information content (AvgIpc) is 3.09. The Hall–Kier alpha value is -0.980. The van der Waals surface area contributed by atoms with Gasteiger partial charge in [0.05, 0.1) is 17.6 Å². The molecule has 4 saturated carbocycles. The first-order valence-corrected chi connectivity index (χ1v) is 14.4. The van der Waals surface area contributed by atoms with Gasteiger partial charge in [0.2, 0.25) is 0 Å². The lowest BCUT2D eigenvalue weighted by Crippen LogP contribution is -2.78. The molecule has 4 rings (SSSR count). The van der Waals surface area contributed by atoms with E-state index in [2.05, 4.69) is 34.6 Å². The zero-order valence-corrected chi connectivity index (χ0v) is 23.5. The zero-order chi connectivity index (χ0) is 26.8. The Morgan fingerprint density at radius 3 is 2.33 bits per heavy atom. The van der Waals surface area contributed by atoms with E-state index in [0.29, 0.717) is 42.9 Å². The van der Waals surface area contributed by atoms with Gasteiger partial charge in [-0.3, -0.25) is 9.59 Å². The lowest BCUT2D eigenvalue weighted by molar-refractivity contribution is -0.310. The molecule has 6 nitrogen and oxygen atoms in total. The summed E-state index contributed by atoms with van der Waals surface area (Å²) in [5.74, 6) is 0.998. The largest absolute Gasteiger partial charge is 0.462 e. The first-order valence-electron chi connectivity index (χ1n) is 14.4. The maximum Gasteiger partial charge on any atom is 0.302 e. The van der Waals surface area contributed by atoms with Gasteiger partial charge in [-0.15, -0.1) is 0 Å². The standard InChI is InChI=1S/C30H50O6/c1-17(2)18(3)8-9-19(4)22-10-11-23-26-24(32)15-29(34)14-21(36-20(5)31)12-13-28(29,7)30(26,35)25(33)16-27(22,23)6/h17-19,21-23,25-26,33-35H,8-16H2,1-7H3/t18-,19+,21+,22+,23-,25+,26-,27+,28+,29-,30+/m0/s1. The Bertz CT molecular complexity index is 872. The molecule has 0 amide bonds. The predicted molar refractivity (Wildman–Crippen MR) is 138 cm³/mol. The number of aliphatic hydroxyl groups is 3. The number of aliphatic hydroxyl groups excluding tert-OH is 1. The Balaban J connectivity index is 1.62. The van der Waals surface area contributed by atoms with E-state index in [0.717, 1.165) is 19.3 Å². The summed E-state index contributed by atoms with van der Waals surface area (Å²) in [6.45, 7) is 14.6. The van der Waals surface area contributed by atoms with Gasteiger partial charge in [-0.25, -0.2) is 0 Å². The molecule has 11 atom stereocenters. The van der Waals surface area contributed by atoms with Crippen molar-refractivity contribution in [1.82, 2.24) is 0 Å². The predicted octanol–water partition coefficient (Wildman–Crippen LogP) is 4.67. The van der Waals surface area contributed by atoms with Crippen LogP contribution < -0.4 is 0 Å². The highest BCUT2D eigenvalue weighted by Crippen LogP contribution is 2.70. The summed E-state index contributed by atoms with van der Waals surface area (Å²) in [6, 6.07) is 0. The van der Waals surface area contributed by atoms with Gasteiger partial charge in [0.25, 0.3) is 0 Å². The summed E-state index contributed by atoms with van der Waals surface area (Å²) in [4.78, 5) is 25.4. The molecule has 36 heavy (non-hydrogen) atoms. The van der Waals surface area contributed by atoms with Crippen molar-refractivity contribution in [2.45, 2.75) is 130 Å². The van der Waals surface area contributed by atoms with Gasteiger partial charge in [0.15, 0.2) is 0 Å². The van der Waals surface area contributed by atoms with Crippen molar-refractivity contribution < 1.29 is 29.6 Å². The first kappa shape index (κ1) is 28.0. The van der Waals surface area contributed by atoms with Crippen molar-refractivity contribution in [3.63, 3.8) is 0 Å². The number of fused-ring (bicyclic) bond motifs is 5. The lowest BCUT2D eigenvalue weighted by Gasteiger charge is -2.68. The van der Waals surface area contributed by atoms with Crippen LogP contribution in [-0.2, 0) is 14.3 Å². The van der Waals surface area contributed by atoms with Crippen molar-refractivity contribution in [2.24, 2.45) is 46.3 Å². The highest BCUT2D eigenvalue weighted by Gasteiger charge is 2.76. The summed E-state index contributed by atoms with van der Waals surface area (Å²) >= 11 is 0. The molecular weight excluding hydrogens is 456 g/mol. The fraction of sp³-hybridized carbons (Fsp3) is 0.933. The van der Waals surface area contributed by atoms with Crippen LogP contribution in [0.3, 0.4) is 0 Å². The van der Waals surface area contributed by atoms with Crippen molar-refractivity contribution in [1.29, 1.82) is 0 Å². The summed E-state index contributed by atoms with van der Waals surface area (Å²) < 4.78 is 5.41. The van der Waals surface area contributed by atoms with E-state index in [1.165, 1.54) is 13.3 Å². The maximum atomic E-state index is 13.8. The average molecular weight is 507 g/mol. The molecular formula is C30H50O6. The second-order valence-electron chi connectivity index (χ2n) is 14.1. The first-order chi connectivity index (χ1) is 16.6. The second-order valence-corrected chi connectivity index (χ2v) is 14.1. The summed E-state index contributed by atoms with van der Waals surface area (Å²) in [5, 5.41) is 36.0. The van der Waals surface area contributed by atoms with Crippen molar-refractivity contribution >= 4 is 11.8 Å². The molecule has 0 spiro atoms. The van der Waals surface area contributed by atoms with Crippen LogP contribution in [0.2, 0.25) is 0 Å². The molecule has 4 fully saturated rings. The molecule has 0 aliphatic heterocycles. The Labute approximate surface area is 217 Å². The number of Topliss-reactive ketones (excluding diaryl/α,β-unsaturated/α-hetero) is 1. The fourth-order valence-corrected chi connectivity index (χ4v) is 9.37. The van der Waals surface area contributed by atoms with Crippen molar-refractivity contribution in [3.8, 4) is 0 Å². The summed E-state index contributed by atoms with van der Waals surface area (Å²) in [7, 11) is 0. The van der Waals surface area contributed by atoms with Gasteiger partial charge in [0, 0.05) is 25.2 Å². The van der Waals surface area contributed by atoms with Crippen LogP contribution in [0.25, 0.3) is 0 Å². The maximum absolute atomic E-state index is 13.8. The van der Waals surface area contributed by atoms with Crippen LogP contribution in [0.15, 0.2) is 0 Å². The summed E-state index contributed by atoms with van der Waals surface area (Å²) in [6.07, 6.45) is 4.06. The number of ether oxygens (including phenoxy) is 1. The fourth-order valence-electron chi connectivity index (χ4n) is 9.37. The van der Waals surface area contributed by atoms with Gasteiger partial charge >= 0.3 is 5.97 Å². The zero-order valence-electron chi connectivity index (χ0n) is 23.5. The molecule has 206 valence electrons. The number of carbonyl (C=O) groups excluding carboxylic acids is 2. The van der Waals surface area contributed by atoms with Crippen molar-refractivity contribution in [3.05, 3.63) is 0 Å². The Morgan fingerprint density at radius 2 is 1.72 bits per heavy atom. The molecule has 6 heteroatoms. The van der Waals surface area contributed by atoms with E-state index in [9.17, 15) is 24.9 Å². The molecule has 0 unspecified atom stereocenters. The summed E-state index contributed by atoms with van der Waals surface area (Å²) in [5.41, 5.74) is -4.47. The minimum atomic E-state index is -1.69. The lowest BCUT2D eigenvalue weighted by atomic mass is 9.39. The molecule has 0 aromatic heterocycles. The third-order valence-electron chi connectivity index (χ3n) is 12.0. The molecule has 0 bridgehead atoms. The Morgan fingerprint density at radius 1 is 1.06 bits per heavy atom. The number of hydrogen-bond acceptors (Lipinski definition) is 6. The van der Waals surface area contributed by atoms with Gasteiger partial charge < -0.3 is 20.1 Å². The molecule has 0 saturated heterocycles. The topological polar surface area (TPSA) is 104 Å². The van der Waals surface area contributed by atoms with E-state index >= 15 is 0 Å². The van der Waals surface area contributed by atoms with E-state index in [1.807, 2.05) is 6.92 Å². The number of carbonyl (C=O) groups is 2. The number of esters is 1. The van der Waals surface area contributed by atoms with Gasteiger partial charge in [-0.2, -0.15) is 0 Å². The molecule has 0 radical (unpaired) electrons. The van der Waals surface area contributed by atoms with Crippen LogP contribution >= 0.6 is 0 Å². The second kappa shape index (κ2) is 9.34. The van der Waals surface area contributed by atoms with Crippen LogP contribution in [0.1, 0.15) is 106 Å². The quantitative estimate of drug-likeness (QED) is 0.453. The van der Waals surface area contributed by atoms with Gasteiger partial charge in [-0.05, 0) is 67.1 Å². The smallest absolute Gasteiger partial charge is 0.302 e. The third-order valence-corrected chi connectivity index (χ3v) is 12.0. The molecule has 4 aliphatic rings. The normalized spacial score (nSPS) is 48.1. The molecule has 3 N–H and O–H groups in total. The third kappa shape index (κ3) is 4.00. The monoisotopic (exact) mass is 506 g/mol. The SMILES string of the molecule is CC(=O)O[C@@H]1CC[C@]2(C)[C@@](O)(CC(=O)[C@@H]3[C@@H]4CC[C@H]([C@H](C)CC[C@H](C)C(C)C)[C@@]4(C)C[C@@H](O)[C@@]32O)C1. The van der Waals surface area contributed by atoms with Gasteiger partial charge in [0.1, 0.15) is 17.5 Å². The van der Waals surface area contributed by atoms with E-state index in [1.54, 1.807) is 0 Å². The van der Waals surface area contributed by atoms with Gasteiger partial charge in [-0.1, -0.05) is 54.4 Å². The van der Waals surface area contributed by atoms with Crippen LogP contribution in [-0.4, -0.2) is 50.5 Å². The highest BCUT2D eigenvalue weighted by atomic mass is 16.5. The van der Waals surface area contributed by atoms with Crippen LogP contribution in [0.5, 0.6) is 0 Å². The van der Waals surface area contributed by atoms with Crippen LogP contribution in [0.4, 0.5) is 0 Å². The number of hydrogen-bond donors (Lipinski definition) is 3. The number of rotatable bonds is 6. The molecule has 0 aromatic carbocycles.